The van der Waals surface area contributed by atoms with E-state index in [0.29, 0.717) is 28.7 Å². The second-order valence-electron chi connectivity index (χ2n) is 8.32. The zero-order valence-corrected chi connectivity index (χ0v) is 20.9. The van der Waals surface area contributed by atoms with Crippen LogP contribution in [0.2, 0.25) is 10.0 Å². The van der Waals surface area contributed by atoms with Gasteiger partial charge < -0.3 is 19.5 Å². The highest BCUT2D eigenvalue weighted by molar-refractivity contribution is 6.35. The molecule has 0 aromatic heterocycles. The molecule has 0 bridgehead atoms. The van der Waals surface area contributed by atoms with Crippen molar-refractivity contribution in [2.45, 2.75) is 46.3 Å². The van der Waals surface area contributed by atoms with Gasteiger partial charge in [0.1, 0.15) is 11.8 Å². The summed E-state index contributed by atoms with van der Waals surface area (Å²) in [5.74, 6) is 0.879. The van der Waals surface area contributed by atoms with Crippen molar-refractivity contribution in [3.63, 3.8) is 0 Å². The highest BCUT2D eigenvalue weighted by Gasteiger charge is 2.25. The van der Waals surface area contributed by atoms with Crippen LogP contribution >= 0.6 is 23.2 Å². The molecule has 0 spiro atoms. The number of nitrogens with one attached hydrogen (secondary N) is 2. The fourth-order valence-electron chi connectivity index (χ4n) is 3.25. The summed E-state index contributed by atoms with van der Waals surface area (Å²) in [5.41, 5.74) is 4.20. The molecule has 0 unspecified atom stereocenters. The molecule has 10 heteroatoms. The first kappa shape index (κ1) is 25.6. The number of nitrogens with zero attached hydrogens (tertiary/aromatic N) is 1. The van der Waals surface area contributed by atoms with E-state index in [4.69, 9.17) is 37.4 Å². The second-order valence-corrected chi connectivity index (χ2v) is 9.17. The Labute approximate surface area is 208 Å². The van der Waals surface area contributed by atoms with Gasteiger partial charge in [-0.05, 0) is 62.1 Å². The van der Waals surface area contributed by atoms with E-state index in [1.807, 2.05) is 26.8 Å². The third-order valence-electron chi connectivity index (χ3n) is 5.05. The standard InChI is InChI=1S/C24H27Cl2N3O5/c1-13(2)7-19(28-23(30)15(4)34-20-6-5-17(25)10-18(20)26)24(31)29-27-11-16-9-22-21(8-14(16)3)32-12-33-22/h5-6,8-11,13,15,19H,7,12H2,1-4H3,(H,28,30)(H,29,31)/b27-11-/t15-,19+/m0/s1. The van der Waals surface area contributed by atoms with Crippen LogP contribution in [0.1, 0.15) is 38.3 Å². The number of carbonyl (C=O) groups is 2. The number of ether oxygens (including phenoxy) is 3. The van der Waals surface area contributed by atoms with Crippen LogP contribution in [0.15, 0.2) is 35.4 Å². The van der Waals surface area contributed by atoms with Crippen LogP contribution in [0.25, 0.3) is 0 Å². The van der Waals surface area contributed by atoms with Gasteiger partial charge in [0, 0.05) is 10.6 Å². The molecule has 3 rings (SSSR count). The van der Waals surface area contributed by atoms with Gasteiger partial charge in [0.15, 0.2) is 17.6 Å². The van der Waals surface area contributed by atoms with Gasteiger partial charge in [-0.15, -0.1) is 0 Å². The molecule has 2 N–H and O–H groups in total. The average molecular weight is 508 g/mol. The molecular formula is C24H27Cl2N3O5. The number of halogens is 2. The predicted octanol–water partition coefficient (Wildman–Crippen LogP) is 4.48. The molecule has 0 fully saturated rings. The molecule has 1 aliphatic heterocycles. The molecule has 2 aromatic carbocycles. The van der Waals surface area contributed by atoms with Gasteiger partial charge in [0.2, 0.25) is 6.79 Å². The lowest BCUT2D eigenvalue weighted by molar-refractivity contribution is -0.132. The van der Waals surface area contributed by atoms with Crippen LogP contribution in [-0.4, -0.2) is 37.0 Å². The molecule has 0 radical (unpaired) electrons. The number of aryl methyl sites for hydroxylation is 1. The van der Waals surface area contributed by atoms with Crippen molar-refractivity contribution >= 4 is 41.2 Å². The maximum absolute atomic E-state index is 12.8. The summed E-state index contributed by atoms with van der Waals surface area (Å²) >= 11 is 12.0. The maximum atomic E-state index is 12.8. The average Bonchev–Trinajstić information content (AvgIpc) is 3.21. The molecule has 0 saturated carbocycles. The predicted molar refractivity (Wildman–Crippen MR) is 131 cm³/mol. The number of hydrogen-bond donors (Lipinski definition) is 2. The summed E-state index contributed by atoms with van der Waals surface area (Å²) in [6.07, 6.45) is 1.06. The molecule has 2 aromatic rings. The first-order valence-corrected chi connectivity index (χ1v) is 11.5. The third-order valence-corrected chi connectivity index (χ3v) is 5.58. The van der Waals surface area contributed by atoms with E-state index in [1.165, 1.54) is 12.3 Å². The molecule has 182 valence electrons. The van der Waals surface area contributed by atoms with E-state index in [1.54, 1.807) is 25.1 Å². The van der Waals surface area contributed by atoms with E-state index in [9.17, 15) is 9.59 Å². The van der Waals surface area contributed by atoms with Crippen LogP contribution in [0.5, 0.6) is 17.2 Å². The van der Waals surface area contributed by atoms with Crippen LogP contribution in [0.3, 0.4) is 0 Å². The Morgan fingerprint density at radius 1 is 1.12 bits per heavy atom. The minimum Gasteiger partial charge on any atom is -0.479 e. The van der Waals surface area contributed by atoms with Gasteiger partial charge in [0.05, 0.1) is 11.2 Å². The second kappa shape index (κ2) is 11.4. The largest absolute Gasteiger partial charge is 0.479 e. The highest BCUT2D eigenvalue weighted by atomic mass is 35.5. The SMILES string of the molecule is Cc1cc2c(cc1/C=N\NC(=O)[C@@H](CC(C)C)NC(=O)[C@H](C)Oc1ccc(Cl)cc1Cl)OCO2. The van der Waals surface area contributed by atoms with Gasteiger partial charge >= 0.3 is 0 Å². The summed E-state index contributed by atoms with van der Waals surface area (Å²) < 4.78 is 16.4. The van der Waals surface area contributed by atoms with Crippen molar-refractivity contribution in [1.29, 1.82) is 0 Å². The van der Waals surface area contributed by atoms with Gasteiger partial charge in [-0.1, -0.05) is 37.0 Å². The summed E-state index contributed by atoms with van der Waals surface area (Å²) in [7, 11) is 0. The fraction of sp³-hybridized carbons (Fsp3) is 0.375. The zero-order chi connectivity index (χ0) is 24.8. The van der Waals surface area contributed by atoms with Crippen LogP contribution in [0.4, 0.5) is 0 Å². The quantitative estimate of drug-likeness (QED) is 0.385. The Kier molecular flexibility index (Phi) is 8.63. The van der Waals surface area contributed by atoms with Gasteiger partial charge in [0.25, 0.3) is 11.8 Å². The molecule has 34 heavy (non-hydrogen) atoms. The van der Waals surface area contributed by atoms with E-state index >= 15 is 0 Å². The number of carbonyl (C=O) groups excluding carboxylic acids is 2. The molecule has 0 saturated heterocycles. The minimum absolute atomic E-state index is 0.151. The Morgan fingerprint density at radius 3 is 2.50 bits per heavy atom. The zero-order valence-electron chi connectivity index (χ0n) is 19.4. The van der Waals surface area contributed by atoms with Crippen molar-refractivity contribution in [3.05, 3.63) is 51.5 Å². The maximum Gasteiger partial charge on any atom is 0.262 e. The van der Waals surface area contributed by atoms with Crippen molar-refractivity contribution in [1.82, 2.24) is 10.7 Å². The molecule has 2 amide bonds. The molecule has 8 nitrogen and oxygen atoms in total. The Hall–Kier alpha value is -2.97. The number of hydrazone groups is 1. The summed E-state index contributed by atoms with van der Waals surface area (Å²) in [6, 6.07) is 7.57. The van der Waals surface area contributed by atoms with Gasteiger partial charge in [-0.25, -0.2) is 5.43 Å². The lowest BCUT2D eigenvalue weighted by Gasteiger charge is -2.22. The van der Waals surface area contributed by atoms with Crippen LogP contribution in [-0.2, 0) is 9.59 Å². The Morgan fingerprint density at radius 2 is 1.82 bits per heavy atom. The summed E-state index contributed by atoms with van der Waals surface area (Å²) in [5, 5.41) is 7.55. The molecule has 0 aliphatic carbocycles. The summed E-state index contributed by atoms with van der Waals surface area (Å²) in [4.78, 5) is 25.5. The molecule has 1 heterocycles. The smallest absolute Gasteiger partial charge is 0.262 e. The molecule has 1 aliphatic rings. The number of rotatable bonds is 9. The number of hydrogen-bond acceptors (Lipinski definition) is 6. The van der Waals surface area contributed by atoms with Crippen molar-refractivity contribution in [2.24, 2.45) is 11.0 Å². The third kappa shape index (κ3) is 6.77. The first-order valence-electron chi connectivity index (χ1n) is 10.8. The van der Waals surface area contributed by atoms with E-state index < -0.39 is 24.0 Å². The Balaban J connectivity index is 1.62. The molecule has 2 atom stereocenters. The number of amides is 2. The van der Waals surface area contributed by atoms with E-state index in [0.717, 1.165) is 11.1 Å². The fourth-order valence-corrected chi connectivity index (χ4v) is 3.70. The Bertz CT molecular complexity index is 1090. The topological polar surface area (TPSA) is 98.3 Å². The van der Waals surface area contributed by atoms with Crippen molar-refractivity contribution in [2.75, 3.05) is 6.79 Å². The van der Waals surface area contributed by atoms with Crippen molar-refractivity contribution < 1.29 is 23.8 Å². The van der Waals surface area contributed by atoms with Crippen LogP contribution in [0, 0.1) is 12.8 Å². The molecular weight excluding hydrogens is 481 g/mol. The van der Waals surface area contributed by atoms with E-state index in [2.05, 4.69) is 15.8 Å². The van der Waals surface area contributed by atoms with Gasteiger partial charge in [-0.2, -0.15) is 5.10 Å². The lowest BCUT2D eigenvalue weighted by atomic mass is 10.0. The minimum atomic E-state index is -0.888. The van der Waals surface area contributed by atoms with Crippen LogP contribution < -0.4 is 25.0 Å². The monoisotopic (exact) mass is 507 g/mol. The lowest BCUT2D eigenvalue weighted by Crippen LogP contribution is -2.49. The van der Waals surface area contributed by atoms with E-state index in [-0.39, 0.29) is 17.7 Å². The number of fused-ring (bicyclic) bond motifs is 1. The highest BCUT2D eigenvalue weighted by Crippen LogP contribution is 2.34. The number of benzene rings is 2. The van der Waals surface area contributed by atoms with Crippen molar-refractivity contribution in [3.8, 4) is 17.2 Å². The normalized spacial score (nSPS) is 14.2. The van der Waals surface area contributed by atoms with Gasteiger partial charge in [-0.3, -0.25) is 9.59 Å². The summed E-state index contributed by atoms with van der Waals surface area (Å²) in [6.45, 7) is 7.57. The first-order chi connectivity index (χ1) is 16.1.